The molecule has 0 unspecified atom stereocenters. The van der Waals surface area contributed by atoms with E-state index in [9.17, 15) is 0 Å². The van der Waals surface area contributed by atoms with Crippen LogP contribution in [0.4, 0.5) is 0 Å². The van der Waals surface area contributed by atoms with Crippen molar-refractivity contribution in [2.45, 2.75) is 6.54 Å². The fraction of sp³-hybridized carbons (Fsp3) is 0.350. The Morgan fingerprint density at radius 3 is 2.40 bits per heavy atom. The van der Waals surface area contributed by atoms with E-state index in [4.69, 9.17) is 9.47 Å². The van der Waals surface area contributed by atoms with E-state index in [2.05, 4.69) is 40.4 Å². The molecule has 0 aliphatic carbocycles. The highest BCUT2D eigenvalue weighted by atomic mass is 16.5. The molecule has 1 aliphatic rings. The summed E-state index contributed by atoms with van der Waals surface area (Å²) in [7, 11) is 3.29. The summed E-state index contributed by atoms with van der Waals surface area (Å²) < 4.78 is 10.6. The number of nitrogens with one attached hydrogen (secondary N) is 1. The fourth-order valence-corrected chi connectivity index (χ4v) is 3.07. The van der Waals surface area contributed by atoms with Crippen molar-refractivity contribution in [3.63, 3.8) is 0 Å². The summed E-state index contributed by atoms with van der Waals surface area (Å²) in [6.07, 6.45) is 1.89. The van der Waals surface area contributed by atoms with Crippen LogP contribution in [0.5, 0.6) is 11.5 Å². The van der Waals surface area contributed by atoms with Gasteiger partial charge < -0.3 is 14.4 Å². The maximum absolute atomic E-state index is 5.34. The van der Waals surface area contributed by atoms with E-state index in [1.807, 2.05) is 24.4 Å². The molecule has 1 aliphatic heterocycles. The topological polar surface area (TPSA) is 38.5 Å². The van der Waals surface area contributed by atoms with Gasteiger partial charge in [-0.05, 0) is 23.8 Å². The van der Waals surface area contributed by atoms with Gasteiger partial charge in [-0.25, -0.2) is 0 Å². The molecule has 2 aromatic carbocycles. The molecule has 0 atom stereocenters. The van der Waals surface area contributed by atoms with Crippen molar-refractivity contribution in [3.8, 4) is 11.5 Å². The average molecular weight is 340 g/mol. The lowest BCUT2D eigenvalue weighted by Crippen LogP contribution is -3.13. The predicted octanol–water partition coefficient (Wildman–Crippen LogP) is 1.44. The van der Waals surface area contributed by atoms with Gasteiger partial charge in [0.15, 0.2) is 11.5 Å². The number of hydrogen-bond acceptors (Lipinski definition) is 4. The Morgan fingerprint density at radius 1 is 1.00 bits per heavy atom. The normalized spacial score (nSPS) is 15.5. The lowest BCUT2D eigenvalue weighted by Gasteiger charge is -2.30. The minimum Gasteiger partial charge on any atom is -0.493 e. The number of benzene rings is 2. The molecule has 1 fully saturated rings. The Kier molecular flexibility index (Phi) is 5.90. The second-order valence-corrected chi connectivity index (χ2v) is 6.23. The van der Waals surface area contributed by atoms with Gasteiger partial charge in [-0.15, -0.1) is 0 Å². The quantitative estimate of drug-likeness (QED) is 0.809. The molecular formula is C20H26N3O2+. The third kappa shape index (κ3) is 4.73. The van der Waals surface area contributed by atoms with Gasteiger partial charge in [0.05, 0.1) is 46.6 Å². The highest BCUT2D eigenvalue weighted by Crippen LogP contribution is 2.26. The first kappa shape index (κ1) is 17.3. The van der Waals surface area contributed by atoms with E-state index in [0.717, 1.165) is 49.8 Å². The van der Waals surface area contributed by atoms with Crippen LogP contribution in [-0.2, 0) is 6.54 Å². The Balaban J connectivity index is 1.52. The van der Waals surface area contributed by atoms with Crippen molar-refractivity contribution in [2.75, 3.05) is 40.4 Å². The Morgan fingerprint density at radius 2 is 1.72 bits per heavy atom. The second kappa shape index (κ2) is 8.53. The van der Waals surface area contributed by atoms with E-state index < -0.39 is 0 Å². The zero-order valence-corrected chi connectivity index (χ0v) is 14.9. The number of nitrogens with zero attached hydrogens (tertiary/aromatic N) is 2. The predicted molar refractivity (Wildman–Crippen MR) is 99.6 cm³/mol. The third-order valence-electron chi connectivity index (χ3n) is 4.52. The van der Waals surface area contributed by atoms with Gasteiger partial charge >= 0.3 is 0 Å². The van der Waals surface area contributed by atoms with Gasteiger partial charge in [0, 0.05) is 5.56 Å². The fourth-order valence-electron chi connectivity index (χ4n) is 3.07. The molecule has 0 amide bonds. The summed E-state index contributed by atoms with van der Waals surface area (Å²) in [4.78, 5) is 1.61. The Hall–Kier alpha value is -2.53. The highest BCUT2D eigenvalue weighted by molar-refractivity contribution is 5.80. The molecule has 1 N–H and O–H groups in total. The van der Waals surface area contributed by atoms with Gasteiger partial charge in [0.25, 0.3) is 0 Å². The van der Waals surface area contributed by atoms with Crippen LogP contribution in [0, 0.1) is 0 Å². The molecular weight excluding hydrogens is 314 g/mol. The molecule has 3 rings (SSSR count). The maximum atomic E-state index is 5.34. The van der Waals surface area contributed by atoms with Crippen LogP contribution in [0.3, 0.4) is 0 Å². The number of hydrazone groups is 1. The molecule has 0 aromatic heterocycles. The third-order valence-corrected chi connectivity index (χ3v) is 4.52. The Bertz CT molecular complexity index is 695. The smallest absolute Gasteiger partial charge is 0.161 e. The largest absolute Gasteiger partial charge is 0.493 e. The van der Waals surface area contributed by atoms with E-state index in [-0.39, 0.29) is 0 Å². The van der Waals surface area contributed by atoms with Crippen molar-refractivity contribution < 1.29 is 14.4 Å². The molecule has 132 valence electrons. The molecule has 0 radical (unpaired) electrons. The zero-order chi connectivity index (χ0) is 17.5. The molecule has 5 heteroatoms. The summed E-state index contributed by atoms with van der Waals surface area (Å²) >= 11 is 0. The van der Waals surface area contributed by atoms with Crippen molar-refractivity contribution in [2.24, 2.45) is 5.10 Å². The van der Waals surface area contributed by atoms with Crippen LogP contribution in [0.1, 0.15) is 11.1 Å². The van der Waals surface area contributed by atoms with Gasteiger partial charge in [0.2, 0.25) is 0 Å². The summed E-state index contributed by atoms with van der Waals surface area (Å²) in [5.74, 6) is 1.46. The molecule has 1 heterocycles. The van der Waals surface area contributed by atoms with Crippen molar-refractivity contribution in [1.29, 1.82) is 0 Å². The first-order valence-electron chi connectivity index (χ1n) is 8.67. The molecule has 0 saturated carbocycles. The minimum absolute atomic E-state index is 0.726. The highest BCUT2D eigenvalue weighted by Gasteiger charge is 2.18. The van der Waals surface area contributed by atoms with Gasteiger partial charge in [-0.2, -0.15) is 5.10 Å². The molecule has 25 heavy (non-hydrogen) atoms. The number of methoxy groups -OCH3 is 2. The van der Waals surface area contributed by atoms with Crippen LogP contribution >= 0.6 is 0 Å². The monoisotopic (exact) mass is 340 g/mol. The summed E-state index contributed by atoms with van der Waals surface area (Å²) in [6.45, 7) is 5.27. The van der Waals surface area contributed by atoms with Gasteiger partial charge in [-0.1, -0.05) is 30.3 Å². The standard InChI is InChI=1S/C20H25N3O2/c1-24-19-9-8-18(14-20(19)25-2)15-21-23-12-10-22(11-13-23)16-17-6-4-3-5-7-17/h3-9,14-15H,10-13,16H2,1-2H3/p+1. The lowest BCUT2D eigenvalue weighted by atomic mass is 10.2. The van der Waals surface area contributed by atoms with Crippen LogP contribution in [0.15, 0.2) is 53.6 Å². The number of quaternary nitrogens is 1. The van der Waals surface area contributed by atoms with E-state index in [1.54, 1.807) is 19.1 Å². The minimum atomic E-state index is 0.726. The van der Waals surface area contributed by atoms with E-state index >= 15 is 0 Å². The van der Waals surface area contributed by atoms with Crippen LogP contribution < -0.4 is 14.4 Å². The summed E-state index contributed by atoms with van der Waals surface area (Å²) in [5, 5.41) is 6.77. The van der Waals surface area contributed by atoms with Crippen molar-refractivity contribution in [1.82, 2.24) is 5.01 Å². The number of ether oxygens (including phenoxy) is 2. The first-order valence-corrected chi connectivity index (χ1v) is 8.67. The van der Waals surface area contributed by atoms with E-state index in [0.29, 0.717) is 0 Å². The van der Waals surface area contributed by atoms with Crippen molar-refractivity contribution in [3.05, 3.63) is 59.7 Å². The van der Waals surface area contributed by atoms with E-state index in [1.165, 1.54) is 5.56 Å². The van der Waals surface area contributed by atoms with Crippen LogP contribution in [0.25, 0.3) is 0 Å². The molecule has 5 nitrogen and oxygen atoms in total. The molecule has 2 aromatic rings. The Labute approximate surface area is 149 Å². The number of rotatable bonds is 6. The van der Waals surface area contributed by atoms with Crippen LogP contribution in [-0.4, -0.2) is 51.6 Å². The average Bonchev–Trinajstić information content (AvgIpc) is 2.68. The van der Waals surface area contributed by atoms with Crippen molar-refractivity contribution >= 4 is 6.21 Å². The SMILES string of the molecule is COc1ccc(C=NN2CC[NH+](Cc3ccccc3)CC2)cc1OC. The number of hydrogen-bond donors (Lipinski definition) is 1. The summed E-state index contributed by atoms with van der Waals surface area (Å²) in [5.41, 5.74) is 2.41. The van der Waals surface area contributed by atoms with Crippen LogP contribution in [0.2, 0.25) is 0 Å². The zero-order valence-electron chi connectivity index (χ0n) is 14.9. The molecule has 0 spiro atoms. The lowest BCUT2D eigenvalue weighted by molar-refractivity contribution is -0.918. The van der Waals surface area contributed by atoms with Gasteiger partial charge in [0.1, 0.15) is 6.54 Å². The molecule has 0 bridgehead atoms. The van der Waals surface area contributed by atoms with Gasteiger partial charge in [-0.3, -0.25) is 5.01 Å². The second-order valence-electron chi connectivity index (χ2n) is 6.23. The molecule has 1 saturated heterocycles. The first-order chi connectivity index (χ1) is 12.3. The number of piperazine rings is 1. The summed E-state index contributed by atoms with van der Waals surface area (Å²) in [6, 6.07) is 16.5. The maximum Gasteiger partial charge on any atom is 0.161 e.